The second-order valence-corrected chi connectivity index (χ2v) is 6.61. The number of nitrogens with one attached hydrogen (secondary N) is 1. The first kappa shape index (κ1) is 20.3. The quantitative estimate of drug-likeness (QED) is 0.564. The summed E-state index contributed by atoms with van der Waals surface area (Å²) in [5.74, 6) is 0.897. The van der Waals surface area contributed by atoms with Crippen molar-refractivity contribution in [1.29, 1.82) is 0 Å². The van der Waals surface area contributed by atoms with Crippen LogP contribution < -0.4 is 14.8 Å². The predicted octanol–water partition coefficient (Wildman–Crippen LogP) is 3.59. The number of benzene rings is 2. The summed E-state index contributed by atoms with van der Waals surface area (Å²) in [6.07, 6.45) is 0.972. The van der Waals surface area contributed by atoms with Crippen molar-refractivity contribution in [3.8, 4) is 22.9 Å². The first-order chi connectivity index (χ1) is 14.1. The number of aromatic nitrogens is 2. The molecule has 0 aliphatic heterocycles. The third-order valence-electron chi connectivity index (χ3n) is 4.36. The highest BCUT2D eigenvalue weighted by atomic mass is 16.5. The van der Waals surface area contributed by atoms with Gasteiger partial charge in [0.2, 0.25) is 5.88 Å². The van der Waals surface area contributed by atoms with Crippen LogP contribution >= 0.6 is 0 Å². The summed E-state index contributed by atoms with van der Waals surface area (Å²) in [5, 5.41) is 11.0. The third-order valence-corrected chi connectivity index (χ3v) is 4.36. The molecule has 1 heterocycles. The minimum absolute atomic E-state index is 0.0312. The van der Waals surface area contributed by atoms with E-state index in [1.807, 2.05) is 61.5 Å². The number of carbonyl (C=O) groups excluding carboxylic acids is 1. The van der Waals surface area contributed by atoms with Gasteiger partial charge in [0, 0.05) is 11.6 Å². The van der Waals surface area contributed by atoms with E-state index < -0.39 is 0 Å². The van der Waals surface area contributed by atoms with E-state index in [0.29, 0.717) is 24.8 Å². The Morgan fingerprint density at radius 1 is 0.931 bits per heavy atom. The predicted molar refractivity (Wildman–Crippen MR) is 112 cm³/mol. The number of hydrogen-bond acceptors (Lipinski definition) is 5. The van der Waals surface area contributed by atoms with Crippen molar-refractivity contribution >= 4 is 5.91 Å². The fraction of sp³-hybridized carbons (Fsp3) is 0.261. The van der Waals surface area contributed by atoms with Gasteiger partial charge in [-0.1, -0.05) is 48.9 Å². The van der Waals surface area contributed by atoms with E-state index in [0.717, 1.165) is 17.7 Å². The van der Waals surface area contributed by atoms with Gasteiger partial charge < -0.3 is 14.8 Å². The Balaban J connectivity index is 1.36. The molecular weight excluding hydrogens is 366 g/mol. The molecule has 0 saturated heterocycles. The number of nitrogens with zero attached hydrogens (tertiary/aromatic N) is 2. The monoisotopic (exact) mass is 391 g/mol. The molecule has 0 aliphatic rings. The van der Waals surface area contributed by atoms with Gasteiger partial charge in [0.15, 0.2) is 6.61 Å². The Bertz CT molecular complexity index is 908. The molecule has 3 aromatic rings. The largest absolute Gasteiger partial charge is 0.484 e. The van der Waals surface area contributed by atoms with Crippen molar-refractivity contribution < 1.29 is 14.3 Å². The molecule has 0 spiro atoms. The number of amides is 1. The van der Waals surface area contributed by atoms with Gasteiger partial charge in [0.1, 0.15) is 12.4 Å². The average Bonchev–Trinajstić information content (AvgIpc) is 2.76. The summed E-state index contributed by atoms with van der Waals surface area (Å²) in [4.78, 5) is 11.9. The minimum atomic E-state index is -0.200. The van der Waals surface area contributed by atoms with Gasteiger partial charge in [-0.25, -0.2) is 0 Å². The molecule has 6 nitrogen and oxygen atoms in total. The van der Waals surface area contributed by atoms with Gasteiger partial charge in [-0.15, -0.1) is 10.2 Å². The van der Waals surface area contributed by atoms with Crippen molar-refractivity contribution in [1.82, 2.24) is 15.5 Å². The highest BCUT2D eigenvalue weighted by Crippen LogP contribution is 2.18. The Hall–Kier alpha value is -3.41. The van der Waals surface area contributed by atoms with E-state index in [9.17, 15) is 4.79 Å². The van der Waals surface area contributed by atoms with Crippen LogP contribution in [-0.2, 0) is 11.2 Å². The molecule has 0 atom stereocenters. The molecule has 0 aliphatic carbocycles. The molecule has 0 fully saturated rings. The second kappa shape index (κ2) is 10.2. The average molecular weight is 391 g/mol. The van der Waals surface area contributed by atoms with Crippen LogP contribution in [0.25, 0.3) is 11.3 Å². The van der Waals surface area contributed by atoms with Crippen LogP contribution in [0, 0.1) is 6.92 Å². The van der Waals surface area contributed by atoms with Gasteiger partial charge >= 0.3 is 0 Å². The normalized spacial score (nSPS) is 10.4. The second-order valence-electron chi connectivity index (χ2n) is 6.61. The SMILES string of the molecule is CCc1ccc(OCC(=O)NCCOc2ccc(-c3ccc(C)cc3)nn2)cc1. The van der Waals surface area contributed by atoms with Crippen LogP contribution in [0.15, 0.2) is 60.7 Å². The molecular formula is C23H25N3O3. The first-order valence-corrected chi connectivity index (χ1v) is 9.66. The maximum atomic E-state index is 11.9. The maximum absolute atomic E-state index is 11.9. The van der Waals surface area contributed by atoms with E-state index in [1.165, 1.54) is 11.1 Å². The molecule has 1 N–H and O–H groups in total. The fourth-order valence-corrected chi connectivity index (χ4v) is 2.64. The summed E-state index contributed by atoms with van der Waals surface area (Å²) in [5.41, 5.74) is 4.22. The molecule has 0 saturated carbocycles. The van der Waals surface area contributed by atoms with Gasteiger partial charge in [0.05, 0.1) is 12.2 Å². The number of rotatable bonds is 9. The highest BCUT2D eigenvalue weighted by Gasteiger charge is 2.04. The van der Waals surface area contributed by atoms with E-state index in [2.05, 4.69) is 22.4 Å². The van der Waals surface area contributed by atoms with Gasteiger partial charge in [-0.2, -0.15) is 0 Å². The molecule has 0 radical (unpaired) electrons. The number of hydrogen-bond donors (Lipinski definition) is 1. The van der Waals surface area contributed by atoms with Gasteiger partial charge in [-0.05, 0) is 37.1 Å². The van der Waals surface area contributed by atoms with Crippen molar-refractivity contribution in [2.24, 2.45) is 0 Å². The van der Waals surface area contributed by atoms with Crippen LogP contribution in [0.3, 0.4) is 0 Å². The van der Waals surface area contributed by atoms with Crippen LogP contribution in [0.5, 0.6) is 11.6 Å². The van der Waals surface area contributed by atoms with Crippen molar-refractivity contribution in [3.05, 3.63) is 71.8 Å². The summed E-state index contributed by atoms with van der Waals surface area (Å²) < 4.78 is 11.0. The van der Waals surface area contributed by atoms with Crippen molar-refractivity contribution in [2.75, 3.05) is 19.8 Å². The molecule has 3 rings (SSSR count). The van der Waals surface area contributed by atoms with E-state index in [4.69, 9.17) is 9.47 Å². The first-order valence-electron chi connectivity index (χ1n) is 9.66. The van der Waals surface area contributed by atoms with Crippen LogP contribution in [0.4, 0.5) is 0 Å². The lowest BCUT2D eigenvalue weighted by molar-refractivity contribution is -0.123. The number of ether oxygens (including phenoxy) is 2. The van der Waals surface area contributed by atoms with Crippen LogP contribution in [-0.4, -0.2) is 35.9 Å². The lowest BCUT2D eigenvalue weighted by Gasteiger charge is -2.09. The zero-order valence-electron chi connectivity index (χ0n) is 16.7. The van der Waals surface area contributed by atoms with E-state index in [1.54, 1.807) is 6.07 Å². The third kappa shape index (κ3) is 6.31. The topological polar surface area (TPSA) is 73.3 Å². The van der Waals surface area contributed by atoms with Crippen molar-refractivity contribution in [2.45, 2.75) is 20.3 Å². The standard InChI is InChI=1S/C23H25N3O3/c1-3-18-6-10-20(11-7-18)29-16-22(27)24-14-15-28-23-13-12-21(25-26-23)19-8-4-17(2)5-9-19/h4-13H,3,14-16H2,1-2H3,(H,24,27). The van der Waals surface area contributed by atoms with Crippen LogP contribution in [0.2, 0.25) is 0 Å². The van der Waals surface area contributed by atoms with E-state index in [-0.39, 0.29) is 12.5 Å². The Labute approximate surface area is 170 Å². The van der Waals surface area contributed by atoms with Gasteiger partial charge in [0.25, 0.3) is 5.91 Å². The molecule has 2 aromatic carbocycles. The van der Waals surface area contributed by atoms with Crippen molar-refractivity contribution in [3.63, 3.8) is 0 Å². The molecule has 1 amide bonds. The summed E-state index contributed by atoms with van der Waals surface area (Å²) in [6, 6.07) is 19.4. The molecule has 0 bridgehead atoms. The molecule has 29 heavy (non-hydrogen) atoms. The van der Waals surface area contributed by atoms with Crippen LogP contribution in [0.1, 0.15) is 18.1 Å². The number of carbonyl (C=O) groups is 1. The minimum Gasteiger partial charge on any atom is -0.484 e. The zero-order chi connectivity index (χ0) is 20.5. The molecule has 6 heteroatoms. The summed E-state index contributed by atoms with van der Waals surface area (Å²) in [7, 11) is 0. The van der Waals surface area contributed by atoms with Gasteiger partial charge in [-0.3, -0.25) is 4.79 Å². The number of aryl methyl sites for hydroxylation is 2. The zero-order valence-corrected chi connectivity index (χ0v) is 16.7. The molecule has 1 aromatic heterocycles. The van der Waals surface area contributed by atoms with E-state index >= 15 is 0 Å². The molecule has 0 unspecified atom stereocenters. The maximum Gasteiger partial charge on any atom is 0.258 e. The lowest BCUT2D eigenvalue weighted by atomic mass is 10.1. The molecule has 150 valence electrons. The summed E-state index contributed by atoms with van der Waals surface area (Å²) in [6.45, 7) is 4.76. The highest BCUT2D eigenvalue weighted by molar-refractivity contribution is 5.77. The summed E-state index contributed by atoms with van der Waals surface area (Å²) >= 11 is 0. The Kier molecular flexibility index (Phi) is 7.16. The lowest BCUT2D eigenvalue weighted by Crippen LogP contribution is -2.32. The Morgan fingerprint density at radius 2 is 1.69 bits per heavy atom. The Morgan fingerprint density at radius 3 is 2.34 bits per heavy atom. The smallest absolute Gasteiger partial charge is 0.258 e. The fourth-order valence-electron chi connectivity index (χ4n) is 2.64.